The number of amides is 1. The molecule has 1 aliphatic rings. The van der Waals surface area contributed by atoms with Gasteiger partial charge in [-0.05, 0) is 49.1 Å². The number of carboxylic acid groups (broad SMARTS) is 1. The Morgan fingerprint density at radius 2 is 1.94 bits per heavy atom. The molecule has 0 aliphatic carbocycles. The fourth-order valence-corrected chi connectivity index (χ4v) is 4.17. The number of carbonyl (C=O) groups is 2. The molecule has 172 valence electrons. The van der Waals surface area contributed by atoms with Gasteiger partial charge in [0.2, 0.25) is 5.91 Å². The Morgan fingerprint density at radius 3 is 2.67 bits per heavy atom. The molecule has 1 aliphatic heterocycles. The second kappa shape index (κ2) is 9.90. The molecule has 1 saturated heterocycles. The lowest BCUT2D eigenvalue weighted by molar-refractivity contribution is -0.141. The summed E-state index contributed by atoms with van der Waals surface area (Å²) in [6.07, 6.45) is 5.77. The lowest BCUT2D eigenvalue weighted by Gasteiger charge is -2.24. The van der Waals surface area contributed by atoms with Crippen molar-refractivity contribution in [1.82, 2.24) is 14.7 Å². The third-order valence-electron chi connectivity index (χ3n) is 6.09. The maximum absolute atomic E-state index is 13.1. The summed E-state index contributed by atoms with van der Waals surface area (Å²) in [6, 6.07) is 15.5. The van der Waals surface area contributed by atoms with Gasteiger partial charge in [-0.15, -0.1) is 0 Å². The van der Waals surface area contributed by atoms with Crippen molar-refractivity contribution < 1.29 is 19.4 Å². The third-order valence-corrected chi connectivity index (χ3v) is 6.09. The second-order valence-electron chi connectivity index (χ2n) is 8.67. The first-order chi connectivity index (χ1) is 15.9. The van der Waals surface area contributed by atoms with Gasteiger partial charge in [0.1, 0.15) is 11.5 Å². The van der Waals surface area contributed by atoms with E-state index >= 15 is 0 Å². The number of rotatable bonds is 8. The summed E-state index contributed by atoms with van der Waals surface area (Å²) in [5.41, 5.74) is 2.96. The van der Waals surface area contributed by atoms with Gasteiger partial charge in [-0.1, -0.05) is 37.3 Å². The van der Waals surface area contributed by atoms with Crippen LogP contribution in [-0.2, 0) is 22.6 Å². The maximum atomic E-state index is 13.1. The maximum Gasteiger partial charge on any atom is 0.308 e. The van der Waals surface area contributed by atoms with Gasteiger partial charge in [-0.3, -0.25) is 14.3 Å². The summed E-state index contributed by atoms with van der Waals surface area (Å²) in [5.74, 6) is 0.274. The summed E-state index contributed by atoms with van der Waals surface area (Å²) in [4.78, 5) is 26.1. The zero-order chi connectivity index (χ0) is 23.4. The summed E-state index contributed by atoms with van der Waals surface area (Å²) in [5, 5.41) is 13.4. The van der Waals surface area contributed by atoms with Crippen LogP contribution in [-0.4, -0.2) is 38.2 Å². The Kier molecular flexibility index (Phi) is 6.77. The highest BCUT2D eigenvalue weighted by atomic mass is 16.5. The molecule has 0 saturated carbocycles. The van der Waals surface area contributed by atoms with Gasteiger partial charge in [-0.25, -0.2) is 0 Å². The molecule has 4 rings (SSSR count). The Balaban J connectivity index is 1.38. The number of hydrogen-bond acceptors (Lipinski definition) is 4. The third kappa shape index (κ3) is 5.42. The monoisotopic (exact) mass is 447 g/mol. The van der Waals surface area contributed by atoms with Crippen LogP contribution in [0.3, 0.4) is 0 Å². The number of hydrogen-bond donors (Lipinski definition) is 1. The predicted octanol–water partition coefficient (Wildman–Crippen LogP) is 4.61. The van der Waals surface area contributed by atoms with Gasteiger partial charge < -0.3 is 14.7 Å². The number of para-hydroxylation sites is 1. The van der Waals surface area contributed by atoms with Gasteiger partial charge >= 0.3 is 5.97 Å². The van der Waals surface area contributed by atoms with Crippen molar-refractivity contribution in [1.29, 1.82) is 0 Å². The number of aryl methyl sites for hydroxylation is 1. The summed E-state index contributed by atoms with van der Waals surface area (Å²) < 4.78 is 7.60. The SMILES string of the molecule is Cc1ccccc1Oc1ccc(CC(=O)N2CCCC2c2cnn(CC(C)C(=O)O)c2)cc1. The van der Waals surface area contributed by atoms with Crippen LogP contribution in [0, 0.1) is 12.8 Å². The van der Waals surface area contributed by atoms with Crippen molar-refractivity contribution in [3.05, 3.63) is 77.6 Å². The average molecular weight is 448 g/mol. The van der Waals surface area contributed by atoms with Crippen molar-refractivity contribution in [2.24, 2.45) is 5.92 Å². The topological polar surface area (TPSA) is 84.7 Å². The molecule has 0 radical (unpaired) electrons. The van der Waals surface area contributed by atoms with Crippen molar-refractivity contribution in [2.75, 3.05) is 6.54 Å². The summed E-state index contributed by atoms with van der Waals surface area (Å²) >= 11 is 0. The zero-order valence-corrected chi connectivity index (χ0v) is 19.0. The Hall–Kier alpha value is -3.61. The normalized spacial score (nSPS) is 16.5. The van der Waals surface area contributed by atoms with E-state index in [0.29, 0.717) is 19.5 Å². The number of carbonyl (C=O) groups excluding carboxylic acids is 1. The smallest absolute Gasteiger partial charge is 0.308 e. The Morgan fingerprint density at radius 1 is 1.18 bits per heavy atom. The number of aliphatic carboxylic acids is 1. The molecule has 1 fully saturated rings. The van der Waals surface area contributed by atoms with Gasteiger partial charge in [0.25, 0.3) is 0 Å². The number of carboxylic acids is 1. The van der Waals surface area contributed by atoms with Gasteiger partial charge in [0.15, 0.2) is 0 Å². The molecule has 1 aromatic heterocycles. The first-order valence-electron chi connectivity index (χ1n) is 11.3. The highest BCUT2D eigenvalue weighted by Crippen LogP contribution is 2.32. The van der Waals surface area contributed by atoms with E-state index in [4.69, 9.17) is 9.84 Å². The molecular weight excluding hydrogens is 418 g/mol. The zero-order valence-electron chi connectivity index (χ0n) is 19.0. The highest BCUT2D eigenvalue weighted by Gasteiger charge is 2.31. The number of ether oxygens (including phenoxy) is 1. The van der Waals surface area contributed by atoms with E-state index in [1.807, 2.05) is 66.6 Å². The second-order valence-corrected chi connectivity index (χ2v) is 8.67. The molecular formula is C26H29N3O4. The Bertz CT molecular complexity index is 1120. The molecule has 2 unspecified atom stereocenters. The molecule has 1 N–H and O–H groups in total. The van der Waals surface area contributed by atoms with Crippen LogP contribution in [0.5, 0.6) is 11.5 Å². The van der Waals surface area contributed by atoms with Gasteiger partial charge in [0.05, 0.1) is 31.1 Å². The minimum absolute atomic E-state index is 0.0185. The van der Waals surface area contributed by atoms with Crippen LogP contribution in [0.4, 0.5) is 0 Å². The first-order valence-corrected chi connectivity index (χ1v) is 11.3. The van der Waals surface area contributed by atoms with Gasteiger partial charge in [0, 0.05) is 18.3 Å². The summed E-state index contributed by atoms with van der Waals surface area (Å²) in [7, 11) is 0. The van der Waals surface area contributed by atoms with E-state index < -0.39 is 11.9 Å². The molecule has 7 heteroatoms. The molecule has 2 aromatic carbocycles. The van der Waals surface area contributed by atoms with Crippen LogP contribution >= 0.6 is 0 Å². The number of nitrogens with zero attached hydrogens (tertiary/aromatic N) is 3. The minimum Gasteiger partial charge on any atom is -0.481 e. The molecule has 33 heavy (non-hydrogen) atoms. The molecule has 7 nitrogen and oxygen atoms in total. The van der Waals surface area contributed by atoms with E-state index in [2.05, 4.69) is 5.10 Å². The van der Waals surface area contributed by atoms with Crippen LogP contribution in [0.2, 0.25) is 0 Å². The van der Waals surface area contributed by atoms with Crippen molar-refractivity contribution in [3.8, 4) is 11.5 Å². The Labute approximate surface area is 193 Å². The van der Waals surface area contributed by atoms with E-state index in [0.717, 1.165) is 41.0 Å². The molecule has 2 heterocycles. The lowest BCUT2D eigenvalue weighted by Crippen LogP contribution is -2.31. The van der Waals surface area contributed by atoms with E-state index in [9.17, 15) is 9.59 Å². The van der Waals surface area contributed by atoms with Crippen LogP contribution in [0.1, 0.15) is 42.5 Å². The lowest BCUT2D eigenvalue weighted by atomic mass is 10.1. The predicted molar refractivity (Wildman–Crippen MR) is 124 cm³/mol. The average Bonchev–Trinajstić information content (AvgIpc) is 3.46. The van der Waals surface area contributed by atoms with Crippen LogP contribution < -0.4 is 4.74 Å². The fraction of sp³-hybridized carbons (Fsp3) is 0.346. The van der Waals surface area contributed by atoms with Crippen molar-refractivity contribution >= 4 is 11.9 Å². The van der Waals surface area contributed by atoms with Crippen molar-refractivity contribution in [2.45, 2.75) is 45.7 Å². The standard InChI is InChI=1S/C26H29N3O4/c1-18-6-3-4-8-24(18)33-22-11-9-20(10-12-22)14-25(30)29-13-5-7-23(29)21-15-27-28(17-21)16-19(2)26(31)32/h3-4,6,8-12,15,17,19,23H,5,7,13-14,16H2,1-2H3,(H,31,32). The van der Waals surface area contributed by atoms with E-state index in [1.54, 1.807) is 17.8 Å². The van der Waals surface area contributed by atoms with Gasteiger partial charge in [-0.2, -0.15) is 5.10 Å². The molecule has 0 spiro atoms. The quantitative estimate of drug-likeness (QED) is 0.545. The fourth-order valence-electron chi connectivity index (χ4n) is 4.17. The molecule has 3 aromatic rings. The largest absolute Gasteiger partial charge is 0.481 e. The number of likely N-dealkylation sites (tertiary alicyclic amines) is 1. The van der Waals surface area contributed by atoms with E-state index in [-0.39, 0.29) is 11.9 Å². The van der Waals surface area contributed by atoms with Crippen LogP contribution in [0.25, 0.3) is 0 Å². The highest BCUT2D eigenvalue weighted by molar-refractivity contribution is 5.79. The molecule has 0 bridgehead atoms. The molecule has 2 atom stereocenters. The van der Waals surface area contributed by atoms with Crippen LogP contribution in [0.15, 0.2) is 60.9 Å². The first kappa shape index (κ1) is 22.6. The number of benzene rings is 2. The van der Waals surface area contributed by atoms with Crippen molar-refractivity contribution in [3.63, 3.8) is 0 Å². The van der Waals surface area contributed by atoms with E-state index in [1.165, 1.54) is 0 Å². The summed E-state index contributed by atoms with van der Waals surface area (Å²) in [6.45, 7) is 4.69. The number of aromatic nitrogens is 2. The minimum atomic E-state index is -0.847. The molecule has 1 amide bonds.